The molecule has 0 unspecified atom stereocenters. The van der Waals surface area contributed by atoms with Crippen molar-refractivity contribution in [1.29, 1.82) is 0 Å². The Morgan fingerprint density at radius 1 is 1.53 bits per heavy atom. The molecule has 1 aromatic heterocycles. The molecule has 9 heteroatoms. The van der Waals surface area contributed by atoms with Crippen LogP contribution in [0.25, 0.3) is 0 Å². The van der Waals surface area contributed by atoms with E-state index in [0.29, 0.717) is 0 Å². The normalized spacial score (nSPS) is 12.1. The zero-order chi connectivity index (χ0) is 11.8. The minimum atomic E-state index is -4.36. The highest BCUT2D eigenvalue weighted by atomic mass is 79.9. The molecule has 0 radical (unpaired) electrons. The van der Waals surface area contributed by atoms with E-state index in [-0.39, 0.29) is 4.47 Å². The Balaban J connectivity index is 3.52. The van der Waals surface area contributed by atoms with E-state index in [1.165, 1.54) is 0 Å². The second-order valence-corrected chi connectivity index (χ2v) is 5.76. The minimum Gasteiger partial charge on any atom is -0.504 e. The molecule has 0 fully saturated rings. The first-order chi connectivity index (χ1) is 6.73. The molecule has 0 aliphatic carbocycles. The van der Waals surface area contributed by atoms with Crippen LogP contribution in [0, 0.1) is 0 Å². The number of halogens is 4. The van der Waals surface area contributed by atoms with Crippen LogP contribution in [-0.4, -0.2) is 18.5 Å². The first-order valence-electron chi connectivity index (χ1n) is 3.35. The second-order valence-electron chi connectivity index (χ2n) is 2.42. The van der Waals surface area contributed by atoms with Crippen molar-refractivity contribution in [2.75, 3.05) is 0 Å². The van der Waals surface area contributed by atoms with Crippen molar-refractivity contribution in [2.45, 2.75) is 11.5 Å². The van der Waals surface area contributed by atoms with Gasteiger partial charge in [0.15, 0.2) is 5.75 Å². The molecule has 0 atom stereocenters. The number of alkyl halides is 2. The summed E-state index contributed by atoms with van der Waals surface area (Å²) in [5.41, 5.74) is -0.793. The van der Waals surface area contributed by atoms with Crippen LogP contribution in [0.1, 0.15) is 12.1 Å². The molecule has 0 spiro atoms. The number of hydrogen-bond acceptors (Lipinski definition) is 4. The Morgan fingerprint density at radius 3 is 2.47 bits per heavy atom. The molecule has 0 saturated carbocycles. The van der Waals surface area contributed by atoms with Crippen LogP contribution in [0.2, 0.25) is 0 Å². The van der Waals surface area contributed by atoms with Crippen molar-refractivity contribution in [1.82, 2.24) is 4.98 Å². The Kier molecular flexibility index (Phi) is 3.51. The third-order valence-corrected chi connectivity index (χ3v) is 3.18. The number of hydrogen-bond donors (Lipinski definition) is 1. The van der Waals surface area contributed by atoms with E-state index in [1.54, 1.807) is 0 Å². The van der Waals surface area contributed by atoms with Gasteiger partial charge in [0.25, 0.3) is 15.5 Å². The molecule has 0 saturated heterocycles. The topological polar surface area (TPSA) is 67.3 Å². The molecular weight excluding hydrogens is 319 g/mol. The molecule has 0 bridgehead atoms. The average molecular weight is 323 g/mol. The summed E-state index contributed by atoms with van der Waals surface area (Å²) in [7, 11) is 0.532. The third kappa shape index (κ3) is 2.76. The molecule has 15 heavy (non-hydrogen) atoms. The molecular formula is C6H3BrClF2NO3S. The lowest BCUT2D eigenvalue weighted by molar-refractivity contribution is 0.145. The van der Waals surface area contributed by atoms with Crippen molar-refractivity contribution in [2.24, 2.45) is 0 Å². The van der Waals surface area contributed by atoms with Gasteiger partial charge in [-0.15, -0.1) is 0 Å². The lowest BCUT2D eigenvalue weighted by Gasteiger charge is -2.05. The first-order valence-corrected chi connectivity index (χ1v) is 6.46. The number of aromatic nitrogens is 1. The molecule has 4 nitrogen and oxygen atoms in total. The number of rotatable bonds is 2. The van der Waals surface area contributed by atoms with E-state index in [1.807, 2.05) is 0 Å². The van der Waals surface area contributed by atoms with E-state index in [2.05, 4.69) is 20.9 Å². The summed E-state index contributed by atoms with van der Waals surface area (Å²) < 4.78 is 46.0. The lowest BCUT2D eigenvalue weighted by Crippen LogP contribution is -2.00. The summed E-state index contributed by atoms with van der Waals surface area (Å²) >= 11 is 2.71. The fraction of sp³-hybridized carbons (Fsp3) is 0.167. The molecule has 84 valence electrons. The number of nitrogens with zero attached hydrogens (tertiary/aromatic N) is 1. The maximum Gasteiger partial charge on any atom is 0.282 e. The third-order valence-electron chi connectivity index (χ3n) is 1.39. The van der Waals surface area contributed by atoms with E-state index in [4.69, 9.17) is 10.7 Å². The van der Waals surface area contributed by atoms with E-state index in [9.17, 15) is 22.3 Å². The summed E-state index contributed by atoms with van der Waals surface area (Å²) in [6, 6.07) is 0.811. The lowest BCUT2D eigenvalue weighted by atomic mass is 10.3. The van der Waals surface area contributed by atoms with Gasteiger partial charge in [0.1, 0.15) is 5.69 Å². The zero-order valence-electron chi connectivity index (χ0n) is 6.79. The van der Waals surface area contributed by atoms with E-state index < -0.39 is 31.9 Å². The standard InChI is InChI=1S/C6H3BrClF2NO3S/c7-2-1-3(5(9)10)11-6(4(2)12)15(8,13)14/h1,5,12H. The van der Waals surface area contributed by atoms with Gasteiger partial charge < -0.3 is 5.11 Å². The first kappa shape index (κ1) is 12.6. The summed E-state index contributed by atoms with van der Waals surface area (Å²) in [5.74, 6) is -0.797. The quantitative estimate of drug-likeness (QED) is 0.849. The molecule has 0 aliphatic heterocycles. The minimum absolute atomic E-state index is 0.216. The van der Waals surface area contributed by atoms with Crippen molar-refractivity contribution in [3.8, 4) is 5.75 Å². The number of aromatic hydroxyl groups is 1. The molecule has 0 aliphatic rings. The van der Waals surface area contributed by atoms with Gasteiger partial charge in [-0.05, 0) is 22.0 Å². The zero-order valence-corrected chi connectivity index (χ0v) is 9.94. The molecule has 1 aromatic rings. The largest absolute Gasteiger partial charge is 0.504 e. The number of pyridine rings is 1. The van der Waals surface area contributed by atoms with Crippen molar-refractivity contribution < 1.29 is 22.3 Å². The predicted molar refractivity (Wildman–Crippen MR) is 51.6 cm³/mol. The van der Waals surface area contributed by atoms with Crippen LogP contribution in [0.15, 0.2) is 15.6 Å². The Morgan fingerprint density at radius 2 is 2.07 bits per heavy atom. The van der Waals surface area contributed by atoms with Gasteiger partial charge in [0.05, 0.1) is 4.47 Å². The van der Waals surface area contributed by atoms with Gasteiger partial charge in [-0.25, -0.2) is 22.2 Å². The maximum absolute atomic E-state index is 12.2. The molecule has 1 N–H and O–H groups in total. The summed E-state index contributed by atoms with van der Waals surface area (Å²) in [4.78, 5) is 3.05. The molecule has 1 heterocycles. The molecule has 1 rings (SSSR count). The smallest absolute Gasteiger partial charge is 0.282 e. The highest BCUT2D eigenvalue weighted by Gasteiger charge is 2.23. The van der Waals surface area contributed by atoms with E-state index in [0.717, 1.165) is 6.07 Å². The van der Waals surface area contributed by atoms with Crippen LogP contribution in [0.3, 0.4) is 0 Å². The van der Waals surface area contributed by atoms with Crippen LogP contribution in [-0.2, 0) is 9.05 Å². The van der Waals surface area contributed by atoms with Gasteiger partial charge in [-0.3, -0.25) is 0 Å². The predicted octanol–water partition coefficient (Wildman–Crippen LogP) is 2.41. The average Bonchev–Trinajstić information content (AvgIpc) is 2.06. The van der Waals surface area contributed by atoms with Crippen LogP contribution < -0.4 is 0 Å². The Hall–Kier alpha value is -0.470. The van der Waals surface area contributed by atoms with Gasteiger partial charge in [-0.1, -0.05) is 0 Å². The van der Waals surface area contributed by atoms with Crippen LogP contribution >= 0.6 is 26.6 Å². The van der Waals surface area contributed by atoms with E-state index >= 15 is 0 Å². The van der Waals surface area contributed by atoms with Crippen LogP contribution in [0.4, 0.5) is 8.78 Å². The van der Waals surface area contributed by atoms with Crippen molar-refractivity contribution in [3.63, 3.8) is 0 Å². The Labute approximate surface area is 96.4 Å². The summed E-state index contributed by atoms with van der Waals surface area (Å²) in [6.07, 6.45) is -2.96. The fourth-order valence-electron chi connectivity index (χ4n) is 0.785. The monoisotopic (exact) mass is 321 g/mol. The van der Waals surface area contributed by atoms with Crippen molar-refractivity contribution in [3.05, 3.63) is 16.2 Å². The highest BCUT2D eigenvalue weighted by Crippen LogP contribution is 2.34. The van der Waals surface area contributed by atoms with Crippen molar-refractivity contribution >= 4 is 35.7 Å². The highest BCUT2D eigenvalue weighted by molar-refractivity contribution is 9.10. The summed E-state index contributed by atoms with van der Waals surface area (Å²) in [5, 5.41) is 8.23. The maximum atomic E-state index is 12.2. The van der Waals surface area contributed by atoms with Gasteiger partial charge >= 0.3 is 0 Å². The van der Waals surface area contributed by atoms with Crippen LogP contribution in [0.5, 0.6) is 5.75 Å². The second kappa shape index (κ2) is 4.18. The summed E-state index contributed by atoms with van der Waals surface area (Å²) in [6.45, 7) is 0. The fourth-order valence-corrected chi connectivity index (χ4v) is 2.22. The molecule has 0 aromatic carbocycles. The van der Waals surface area contributed by atoms with Gasteiger partial charge in [-0.2, -0.15) is 0 Å². The van der Waals surface area contributed by atoms with Gasteiger partial charge in [0.2, 0.25) is 5.03 Å². The van der Waals surface area contributed by atoms with Gasteiger partial charge in [0, 0.05) is 10.7 Å². The SMILES string of the molecule is O=S(=O)(Cl)c1nc(C(F)F)cc(Br)c1O. The Bertz CT molecular complexity index is 493. The molecule has 0 amide bonds.